The van der Waals surface area contributed by atoms with Gasteiger partial charge in [-0.3, -0.25) is 4.79 Å². The fourth-order valence-corrected chi connectivity index (χ4v) is 3.73. The van der Waals surface area contributed by atoms with Gasteiger partial charge in [0.15, 0.2) is 0 Å². The molecule has 2 fully saturated rings. The summed E-state index contributed by atoms with van der Waals surface area (Å²) in [5, 5.41) is 10.5. The lowest BCUT2D eigenvalue weighted by atomic mass is 10.1. The fraction of sp³-hybridized carbons (Fsp3) is 0.500. The third-order valence-electron chi connectivity index (χ3n) is 3.81. The first-order valence-electron chi connectivity index (χ1n) is 6.27. The minimum atomic E-state index is -0.142. The highest BCUT2D eigenvalue weighted by Gasteiger charge is 2.40. The number of fused-ring (bicyclic) bond motifs is 2. The first kappa shape index (κ1) is 11.8. The number of amides is 1. The van der Waals surface area contributed by atoms with Crippen molar-refractivity contribution >= 4 is 17.2 Å². The molecule has 94 valence electrons. The molecule has 1 saturated heterocycles. The van der Waals surface area contributed by atoms with Crippen LogP contribution in [-0.2, 0) is 0 Å². The molecule has 2 bridgehead atoms. The van der Waals surface area contributed by atoms with Gasteiger partial charge in [0.25, 0.3) is 5.91 Å². The number of carbonyl (C=O) groups is 1. The Kier molecular flexibility index (Phi) is 3.11. The van der Waals surface area contributed by atoms with Gasteiger partial charge in [-0.05, 0) is 31.2 Å². The molecule has 1 N–H and O–H groups in total. The third-order valence-corrected chi connectivity index (χ3v) is 4.65. The van der Waals surface area contributed by atoms with E-state index in [1.54, 1.807) is 0 Å². The van der Waals surface area contributed by atoms with Gasteiger partial charge in [0.05, 0.1) is 10.4 Å². The molecule has 1 aromatic rings. The van der Waals surface area contributed by atoms with Crippen molar-refractivity contribution in [3.63, 3.8) is 0 Å². The summed E-state index contributed by atoms with van der Waals surface area (Å²) in [6, 6.07) is 2.30. The summed E-state index contributed by atoms with van der Waals surface area (Å²) >= 11 is 1.46. The summed E-state index contributed by atoms with van der Waals surface area (Å²) < 4.78 is 0. The Labute approximate surface area is 110 Å². The number of piperidine rings is 1. The molecule has 1 saturated carbocycles. The SMILES string of the molecule is O=C(c1csc(C#CCO)c1)N1CC2CCC1C2. The van der Waals surface area contributed by atoms with E-state index in [4.69, 9.17) is 5.11 Å². The number of nitrogens with zero attached hydrogens (tertiary/aromatic N) is 1. The molecule has 1 amide bonds. The van der Waals surface area contributed by atoms with E-state index in [1.807, 2.05) is 16.3 Å². The molecule has 0 radical (unpaired) electrons. The number of thiophene rings is 1. The predicted molar refractivity (Wildman–Crippen MR) is 70.4 cm³/mol. The largest absolute Gasteiger partial charge is 0.384 e. The van der Waals surface area contributed by atoms with Crippen LogP contribution >= 0.6 is 11.3 Å². The third kappa shape index (κ3) is 2.05. The van der Waals surface area contributed by atoms with E-state index in [9.17, 15) is 4.79 Å². The summed E-state index contributed by atoms with van der Waals surface area (Å²) in [6.07, 6.45) is 3.64. The highest BCUT2D eigenvalue weighted by atomic mass is 32.1. The van der Waals surface area contributed by atoms with Crippen LogP contribution in [0.15, 0.2) is 11.4 Å². The standard InChI is InChI=1S/C14H15NO2S/c16-5-1-2-13-7-11(9-18-13)14(17)15-8-10-3-4-12(15)6-10/h7,9-10,12,16H,3-6,8H2. The topological polar surface area (TPSA) is 40.5 Å². The number of hydrogen-bond donors (Lipinski definition) is 1. The molecule has 3 nitrogen and oxygen atoms in total. The van der Waals surface area contributed by atoms with Gasteiger partial charge in [0, 0.05) is 18.0 Å². The lowest BCUT2D eigenvalue weighted by molar-refractivity contribution is 0.0704. The van der Waals surface area contributed by atoms with Crippen molar-refractivity contribution in [2.75, 3.05) is 13.2 Å². The van der Waals surface area contributed by atoms with Crippen LogP contribution in [0.3, 0.4) is 0 Å². The van der Waals surface area contributed by atoms with Crippen LogP contribution in [0, 0.1) is 17.8 Å². The van der Waals surface area contributed by atoms with Crippen molar-refractivity contribution in [1.82, 2.24) is 4.90 Å². The highest BCUT2D eigenvalue weighted by Crippen LogP contribution is 2.38. The zero-order chi connectivity index (χ0) is 12.5. The maximum atomic E-state index is 12.4. The number of rotatable bonds is 1. The van der Waals surface area contributed by atoms with Crippen molar-refractivity contribution in [2.24, 2.45) is 5.92 Å². The number of aliphatic hydroxyl groups is 1. The van der Waals surface area contributed by atoms with Gasteiger partial charge in [0.1, 0.15) is 6.61 Å². The Hall–Kier alpha value is -1.31. The molecule has 1 aliphatic heterocycles. The zero-order valence-electron chi connectivity index (χ0n) is 10.1. The molecule has 3 rings (SSSR count). The molecule has 2 unspecified atom stereocenters. The lowest BCUT2D eigenvalue weighted by Crippen LogP contribution is -2.37. The smallest absolute Gasteiger partial charge is 0.255 e. The second kappa shape index (κ2) is 4.75. The van der Waals surface area contributed by atoms with Gasteiger partial charge in [-0.2, -0.15) is 0 Å². The number of likely N-dealkylation sites (tertiary alicyclic amines) is 1. The van der Waals surface area contributed by atoms with Crippen LogP contribution in [0.5, 0.6) is 0 Å². The van der Waals surface area contributed by atoms with Crippen molar-refractivity contribution < 1.29 is 9.90 Å². The van der Waals surface area contributed by atoms with Gasteiger partial charge < -0.3 is 10.0 Å². The Bertz CT molecular complexity index is 525. The Morgan fingerprint density at radius 1 is 1.56 bits per heavy atom. The Balaban J connectivity index is 1.74. The molecule has 2 atom stereocenters. The maximum Gasteiger partial charge on any atom is 0.255 e. The Morgan fingerprint density at radius 3 is 3.11 bits per heavy atom. The van der Waals surface area contributed by atoms with Crippen LogP contribution < -0.4 is 0 Å². The fourth-order valence-electron chi connectivity index (χ4n) is 2.98. The van der Waals surface area contributed by atoms with E-state index in [1.165, 1.54) is 24.2 Å². The maximum absolute atomic E-state index is 12.4. The highest BCUT2D eigenvalue weighted by molar-refractivity contribution is 7.10. The van der Waals surface area contributed by atoms with Crippen LogP contribution in [0.1, 0.15) is 34.5 Å². The van der Waals surface area contributed by atoms with Gasteiger partial charge in [0.2, 0.25) is 0 Å². The molecule has 2 aliphatic rings. The molecule has 1 aromatic heterocycles. The van der Waals surface area contributed by atoms with Crippen molar-refractivity contribution in [1.29, 1.82) is 0 Å². The first-order chi connectivity index (χ1) is 8.78. The molecular formula is C14H15NO2S. The van der Waals surface area contributed by atoms with Crippen LogP contribution in [0.4, 0.5) is 0 Å². The minimum Gasteiger partial charge on any atom is -0.384 e. The molecule has 0 spiro atoms. The van der Waals surface area contributed by atoms with Crippen molar-refractivity contribution in [3.05, 3.63) is 21.9 Å². The normalized spacial score (nSPS) is 25.1. The van der Waals surface area contributed by atoms with Gasteiger partial charge in [-0.15, -0.1) is 11.3 Å². The average Bonchev–Trinajstić information content (AvgIpc) is 3.10. The van der Waals surface area contributed by atoms with Crippen LogP contribution in [0.25, 0.3) is 0 Å². The second-order valence-electron chi connectivity index (χ2n) is 4.95. The molecule has 4 heteroatoms. The predicted octanol–water partition coefficient (Wildman–Crippen LogP) is 1.72. The molecular weight excluding hydrogens is 246 g/mol. The van der Waals surface area contributed by atoms with E-state index < -0.39 is 0 Å². The van der Waals surface area contributed by atoms with Crippen LogP contribution in [0.2, 0.25) is 0 Å². The van der Waals surface area contributed by atoms with Gasteiger partial charge in [-0.1, -0.05) is 11.8 Å². The van der Waals surface area contributed by atoms with E-state index in [0.29, 0.717) is 6.04 Å². The molecule has 18 heavy (non-hydrogen) atoms. The second-order valence-corrected chi connectivity index (χ2v) is 5.86. The quantitative estimate of drug-likeness (QED) is 0.782. The van der Waals surface area contributed by atoms with E-state index in [2.05, 4.69) is 11.8 Å². The average molecular weight is 261 g/mol. The number of hydrogen-bond acceptors (Lipinski definition) is 3. The summed E-state index contributed by atoms with van der Waals surface area (Å²) in [5.74, 6) is 6.32. The summed E-state index contributed by atoms with van der Waals surface area (Å²) in [5.41, 5.74) is 0.745. The summed E-state index contributed by atoms with van der Waals surface area (Å²) in [7, 11) is 0. The van der Waals surface area contributed by atoms with Gasteiger partial charge >= 0.3 is 0 Å². The van der Waals surface area contributed by atoms with Crippen molar-refractivity contribution in [3.8, 4) is 11.8 Å². The first-order valence-corrected chi connectivity index (χ1v) is 7.15. The van der Waals surface area contributed by atoms with E-state index in [0.717, 1.165) is 29.3 Å². The monoisotopic (exact) mass is 261 g/mol. The van der Waals surface area contributed by atoms with E-state index >= 15 is 0 Å². The summed E-state index contributed by atoms with van der Waals surface area (Å²) in [6.45, 7) is 0.786. The Morgan fingerprint density at radius 2 is 2.44 bits per heavy atom. The lowest BCUT2D eigenvalue weighted by Gasteiger charge is -2.26. The number of aliphatic hydroxyl groups excluding tert-OH is 1. The molecule has 1 aliphatic carbocycles. The van der Waals surface area contributed by atoms with Crippen molar-refractivity contribution in [2.45, 2.75) is 25.3 Å². The zero-order valence-corrected chi connectivity index (χ0v) is 10.9. The number of carbonyl (C=O) groups excluding carboxylic acids is 1. The molecule has 2 heterocycles. The summed E-state index contributed by atoms with van der Waals surface area (Å²) in [4.78, 5) is 15.2. The van der Waals surface area contributed by atoms with Crippen LogP contribution in [-0.4, -0.2) is 35.1 Å². The van der Waals surface area contributed by atoms with Gasteiger partial charge in [-0.25, -0.2) is 0 Å². The molecule has 0 aromatic carbocycles. The van der Waals surface area contributed by atoms with E-state index in [-0.39, 0.29) is 12.5 Å². The minimum absolute atomic E-state index is 0.142.